The lowest BCUT2D eigenvalue weighted by Gasteiger charge is -2.29. The fourth-order valence-corrected chi connectivity index (χ4v) is 4.75. The summed E-state index contributed by atoms with van der Waals surface area (Å²) in [4.78, 5) is 13.0. The van der Waals surface area contributed by atoms with Crippen LogP contribution in [0.4, 0.5) is 27.8 Å². The molecule has 4 aromatic rings. The summed E-state index contributed by atoms with van der Waals surface area (Å²) in [6, 6.07) is 10.5. The van der Waals surface area contributed by atoms with E-state index in [0.29, 0.717) is 35.1 Å². The predicted octanol–water partition coefficient (Wildman–Crippen LogP) is 7.73. The molecule has 0 aliphatic heterocycles. The SMILES string of the molecule is CCC1CC(C)=C(Nc2nc(-c3ccccc3C(F)(F)F)nc3ncccc23)c2cc(F)cc(F)c21. The van der Waals surface area contributed by atoms with Crippen molar-refractivity contribution < 1.29 is 22.0 Å². The van der Waals surface area contributed by atoms with Gasteiger partial charge in [0.05, 0.1) is 10.9 Å². The maximum absolute atomic E-state index is 14.9. The highest BCUT2D eigenvalue weighted by molar-refractivity contribution is 5.94. The maximum atomic E-state index is 14.9. The smallest absolute Gasteiger partial charge is 0.339 e. The molecule has 0 radical (unpaired) electrons. The Kier molecular flexibility index (Phi) is 5.94. The largest absolute Gasteiger partial charge is 0.417 e. The first kappa shape index (κ1) is 23.8. The molecule has 1 aliphatic carbocycles. The molecule has 0 saturated carbocycles. The van der Waals surface area contributed by atoms with E-state index in [2.05, 4.69) is 20.3 Å². The second kappa shape index (κ2) is 8.96. The Bertz CT molecular complexity index is 1510. The molecular formula is C27H21F5N4. The van der Waals surface area contributed by atoms with E-state index in [1.165, 1.54) is 30.5 Å². The van der Waals surface area contributed by atoms with Gasteiger partial charge in [0.1, 0.15) is 17.5 Å². The van der Waals surface area contributed by atoms with E-state index >= 15 is 0 Å². The van der Waals surface area contributed by atoms with E-state index in [1.54, 1.807) is 12.1 Å². The molecule has 2 aromatic heterocycles. The highest BCUT2D eigenvalue weighted by atomic mass is 19.4. The third kappa shape index (κ3) is 4.19. The summed E-state index contributed by atoms with van der Waals surface area (Å²) in [5, 5.41) is 3.63. The van der Waals surface area contributed by atoms with Gasteiger partial charge in [0.2, 0.25) is 0 Å². The van der Waals surface area contributed by atoms with Crippen molar-refractivity contribution in [2.75, 3.05) is 5.32 Å². The molecule has 0 spiro atoms. The number of anilines is 1. The van der Waals surface area contributed by atoms with E-state index in [-0.39, 0.29) is 28.8 Å². The highest BCUT2D eigenvalue weighted by Gasteiger charge is 2.34. The van der Waals surface area contributed by atoms with E-state index in [9.17, 15) is 22.0 Å². The van der Waals surface area contributed by atoms with Crippen molar-refractivity contribution in [3.63, 3.8) is 0 Å². The number of nitrogens with one attached hydrogen (secondary N) is 1. The highest BCUT2D eigenvalue weighted by Crippen LogP contribution is 2.43. The minimum absolute atomic E-state index is 0.121. The summed E-state index contributed by atoms with van der Waals surface area (Å²) >= 11 is 0. The van der Waals surface area contributed by atoms with Crippen molar-refractivity contribution in [3.05, 3.63) is 88.6 Å². The first-order chi connectivity index (χ1) is 17.2. The van der Waals surface area contributed by atoms with Crippen LogP contribution in [0.1, 0.15) is 49.3 Å². The number of nitrogens with zero attached hydrogens (tertiary/aromatic N) is 3. The van der Waals surface area contributed by atoms with Crippen LogP contribution in [0.5, 0.6) is 0 Å². The van der Waals surface area contributed by atoms with Crippen molar-refractivity contribution in [3.8, 4) is 11.4 Å². The molecule has 1 N–H and O–H groups in total. The van der Waals surface area contributed by atoms with Crippen molar-refractivity contribution in [1.29, 1.82) is 0 Å². The summed E-state index contributed by atoms with van der Waals surface area (Å²) in [5.74, 6) is -1.44. The lowest BCUT2D eigenvalue weighted by atomic mass is 9.80. The first-order valence-corrected chi connectivity index (χ1v) is 11.4. The molecule has 0 bridgehead atoms. The Morgan fingerprint density at radius 3 is 2.53 bits per heavy atom. The number of aromatic nitrogens is 3. The predicted molar refractivity (Wildman–Crippen MR) is 128 cm³/mol. The van der Waals surface area contributed by atoms with E-state index in [4.69, 9.17) is 0 Å². The number of fused-ring (bicyclic) bond motifs is 2. The molecule has 184 valence electrons. The number of allylic oxidation sites excluding steroid dienone is 1. The van der Waals surface area contributed by atoms with Gasteiger partial charge in [-0.1, -0.05) is 25.1 Å². The van der Waals surface area contributed by atoms with E-state index < -0.39 is 23.4 Å². The molecule has 4 nitrogen and oxygen atoms in total. The number of benzene rings is 2. The van der Waals surface area contributed by atoms with Crippen LogP contribution in [0.15, 0.2) is 60.3 Å². The molecule has 9 heteroatoms. The van der Waals surface area contributed by atoms with Crippen molar-refractivity contribution >= 4 is 22.5 Å². The average molecular weight is 496 g/mol. The van der Waals surface area contributed by atoms with Gasteiger partial charge in [0.15, 0.2) is 11.5 Å². The molecule has 1 atom stereocenters. The van der Waals surface area contributed by atoms with Gasteiger partial charge in [0.25, 0.3) is 0 Å². The van der Waals surface area contributed by atoms with Crippen LogP contribution in [0.25, 0.3) is 28.1 Å². The molecule has 0 amide bonds. The second-order valence-electron chi connectivity index (χ2n) is 8.75. The molecule has 1 unspecified atom stereocenters. The average Bonchev–Trinajstić information content (AvgIpc) is 2.84. The Morgan fingerprint density at radius 2 is 1.78 bits per heavy atom. The van der Waals surface area contributed by atoms with Crippen LogP contribution in [-0.4, -0.2) is 15.0 Å². The molecule has 5 rings (SSSR count). The van der Waals surface area contributed by atoms with E-state index in [1.807, 2.05) is 13.8 Å². The van der Waals surface area contributed by atoms with Crippen molar-refractivity contribution in [2.45, 2.75) is 38.8 Å². The van der Waals surface area contributed by atoms with Gasteiger partial charge in [-0.2, -0.15) is 13.2 Å². The topological polar surface area (TPSA) is 50.7 Å². The Morgan fingerprint density at radius 1 is 1.00 bits per heavy atom. The number of hydrogen-bond donors (Lipinski definition) is 1. The number of halogens is 5. The van der Waals surface area contributed by atoms with Crippen LogP contribution >= 0.6 is 0 Å². The monoisotopic (exact) mass is 496 g/mol. The lowest BCUT2D eigenvalue weighted by molar-refractivity contribution is -0.137. The first-order valence-electron chi connectivity index (χ1n) is 11.4. The molecule has 0 saturated heterocycles. The molecular weight excluding hydrogens is 475 g/mol. The zero-order chi connectivity index (χ0) is 25.6. The summed E-state index contributed by atoms with van der Waals surface area (Å²) in [6.07, 6.45) is -1.92. The third-order valence-electron chi connectivity index (χ3n) is 6.43. The van der Waals surface area contributed by atoms with Crippen LogP contribution in [0.3, 0.4) is 0 Å². The van der Waals surface area contributed by atoms with Gasteiger partial charge in [-0.05, 0) is 55.5 Å². The van der Waals surface area contributed by atoms with Crippen LogP contribution < -0.4 is 5.32 Å². The van der Waals surface area contributed by atoms with Crippen LogP contribution in [0, 0.1) is 11.6 Å². The Labute approximate surface area is 203 Å². The fraction of sp³-hybridized carbons (Fsp3) is 0.222. The van der Waals surface area contributed by atoms with Gasteiger partial charge in [0, 0.05) is 34.7 Å². The molecule has 36 heavy (non-hydrogen) atoms. The zero-order valence-corrected chi connectivity index (χ0v) is 19.4. The molecule has 0 fully saturated rings. The van der Waals surface area contributed by atoms with Crippen molar-refractivity contribution in [1.82, 2.24) is 15.0 Å². The van der Waals surface area contributed by atoms with Gasteiger partial charge in [-0.3, -0.25) is 0 Å². The van der Waals surface area contributed by atoms with Gasteiger partial charge in [-0.25, -0.2) is 23.7 Å². The third-order valence-corrected chi connectivity index (χ3v) is 6.43. The van der Waals surface area contributed by atoms with Crippen LogP contribution in [0.2, 0.25) is 0 Å². The number of hydrogen-bond acceptors (Lipinski definition) is 4. The quantitative estimate of drug-likeness (QED) is 0.294. The number of rotatable bonds is 4. The van der Waals surface area contributed by atoms with Gasteiger partial charge < -0.3 is 5.32 Å². The van der Waals surface area contributed by atoms with Gasteiger partial charge >= 0.3 is 6.18 Å². The standard InChI is InChI=1S/C27H21F5N4/c1-3-15-11-14(2)23(19-12-16(28)13-21(29)22(15)19)34-26-18-8-6-10-33-24(18)35-25(36-26)17-7-4-5-9-20(17)27(30,31)32/h4-10,12-13,15H,3,11H2,1-2H3,(H,33,34,35,36). The van der Waals surface area contributed by atoms with E-state index in [0.717, 1.165) is 17.7 Å². The maximum Gasteiger partial charge on any atom is 0.417 e. The van der Waals surface area contributed by atoms with Gasteiger partial charge in [-0.15, -0.1) is 0 Å². The summed E-state index contributed by atoms with van der Waals surface area (Å²) in [6.45, 7) is 3.80. The minimum Gasteiger partial charge on any atom is -0.339 e. The number of pyridine rings is 1. The molecule has 1 aliphatic rings. The Hall–Kier alpha value is -3.88. The van der Waals surface area contributed by atoms with Crippen LogP contribution in [-0.2, 0) is 6.18 Å². The summed E-state index contributed by atoms with van der Waals surface area (Å²) < 4.78 is 70.3. The molecule has 2 aromatic carbocycles. The fourth-order valence-electron chi connectivity index (χ4n) is 4.75. The second-order valence-corrected chi connectivity index (χ2v) is 8.75. The summed E-state index contributed by atoms with van der Waals surface area (Å²) in [5.41, 5.74) is 1.22. The zero-order valence-electron chi connectivity index (χ0n) is 19.4. The van der Waals surface area contributed by atoms with Crippen molar-refractivity contribution in [2.24, 2.45) is 0 Å². The normalized spacial score (nSPS) is 15.8. The lowest BCUT2D eigenvalue weighted by Crippen LogP contribution is -2.17. The number of alkyl halides is 3. The summed E-state index contributed by atoms with van der Waals surface area (Å²) in [7, 11) is 0. The molecule has 2 heterocycles. The minimum atomic E-state index is -4.61. The Balaban J connectivity index is 1.70.